The van der Waals surface area contributed by atoms with Gasteiger partial charge in [-0.1, -0.05) is 11.6 Å². The van der Waals surface area contributed by atoms with Crippen LogP contribution in [0.1, 0.15) is 6.42 Å². The molecule has 0 saturated heterocycles. The predicted octanol–water partition coefficient (Wildman–Crippen LogP) is 0.880. The first-order valence-corrected chi connectivity index (χ1v) is 6.57. The van der Waals surface area contributed by atoms with Crippen molar-refractivity contribution in [2.75, 3.05) is 13.1 Å². The zero-order chi connectivity index (χ0) is 14.4. The van der Waals surface area contributed by atoms with Gasteiger partial charge in [0.1, 0.15) is 6.54 Å². The molecule has 2 rings (SSSR count). The van der Waals surface area contributed by atoms with Crippen LogP contribution in [0.15, 0.2) is 24.3 Å². The average Bonchev–Trinajstić information content (AvgIpc) is 2.88. The Bertz CT molecular complexity index is 571. The van der Waals surface area contributed by atoms with Gasteiger partial charge in [-0.15, -0.1) is 22.6 Å². The highest BCUT2D eigenvalue weighted by Crippen LogP contribution is 2.16. The summed E-state index contributed by atoms with van der Waals surface area (Å²) in [4.78, 5) is 12.8. The minimum Gasteiger partial charge on any atom is -0.354 e. The molecule has 3 N–H and O–H groups in total. The number of nitrogens with zero attached hydrogens (tertiary/aromatic N) is 4. The van der Waals surface area contributed by atoms with Crippen LogP contribution < -0.4 is 11.1 Å². The van der Waals surface area contributed by atoms with E-state index in [0.29, 0.717) is 23.9 Å². The third-order valence-corrected chi connectivity index (χ3v) is 2.80. The number of tetrazole rings is 1. The smallest absolute Gasteiger partial charge is 0.243 e. The number of hydrogen-bond donors (Lipinski definition) is 2. The first kappa shape index (κ1) is 17.4. The summed E-state index contributed by atoms with van der Waals surface area (Å²) in [5, 5.41) is 15.3. The Balaban J connectivity index is 0.00000220. The van der Waals surface area contributed by atoms with Gasteiger partial charge in [-0.25, -0.2) is 0 Å². The SMILES string of the molecule is Cl.NCCCNC(=O)Cn1nnc(-c2ccc(Cl)cc2)n1. The van der Waals surface area contributed by atoms with E-state index >= 15 is 0 Å². The fraction of sp³-hybridized carbons (Fsp3) is 0.333. The van der Waals surface area contributed by atoms with E-state index in [1.54, 1.807) is 24.3 Å². The molecule has 0 bridgehead atoms. The average molecular weight is 331 g/mol. The summed E-state index contributed by atoms with van der Waals surface area (Å²) >= 11 is 5.81. The second kappa shape index (κ2) is 8.56. The maximum atomic E-state index is 11.6. The molecule has 0 radical (unpaired) electrons. The molecule has 0 atom stereocenters. The van der Waals surface area contributed by atoms with Crippen LogP contribution in [0, 0.1) is 0 Å². The van der Waals surface area contributed by atoms with Crippen molar-refractivity contribution >= 4 is 29.9 Å². The number of halogens is 2. The number of nitrogens with two attached hydrogens (primary N) is 1. The Morgan fingerprint density at radius 1 is 1.33 bits per heavy atom. The second-order valence-electron chi connectivity index (χ2n) is 4.14. The fourth-order valence-electron chi connectivity index (χ4n) is 1.54. The molecule has 0 aliphatic rings. The Morgan fingerprint density at radius 3 is 2.71 bits per heavy atom. The third-order valence-electron chi connectivity index (χ3n) is 2.54. The number of aromatic nitrogens is 4. The minimum atomic E-state index is -0.168. The third kappa shape index (κ3) is 5.30. The molecule has 1 aromatic heterocycles. The van der Waals surface area contributed by atoms with Crippen molar-refractivity contribution in [1.29, 1.82) is 0 Å². The van der Waals surface area contributed by atoms with Gasteiger partial charge in [0.2, 0.25) is 11.7 Å². The van der Waals surface area contributed by atoms with Gasteiger partial charge in [-0.3, -0.25) is 4.79 Å². The molecule has 0 spiro atoms. The van der Waals surface area contributed by atoms with E-state index in [0.717, 1.165) is 12.0 Å². The molecule has 2 aromatic rings. The molecule has 7 nitrogen and oxygen atoms in total. The quantitative estimate of drug-likeness (QED) is 0.766. The molecule has 0 unspecified atom stereocenters. The maximum Gasteiger partial charge on any atom is 0.243 e. The normalized spacial score (nSPS) is 10.0. The van der Waals surface area contributed by atoms with Gasteiger partial charge in [0, 0.05) is 17.1 Å². The van der Waals surface area contributed by atoms with Crippen LogP contribution >= 0.6 is 24.0 Å². The fourth-order valence-corrected chi connectivity index (χ4v) is 1.66. The van der Waals surface area contributed by atoms with Crippen molar-refractivity contribution in [3.63, 3.8) is 0 Å². The highest BCUT2D eigenvalue weighted by Gasteiger charge is 2.08. The molecule has 114 valence electrons. The van der Waals surface area contributed by atoms with Crippen LogP contribution in [-0.4, -0.2) is 39.2 Å². The van der Waals surface area contributed by atoms with E-state index in [9.17, 15) is 4.79 Å². The Hall–Kier alpha value is -1.70. The van der Waals surface area contributed by atoms with Gasteiger partial charge in [0.05, 0.1) is 0 Å². The number of carbonyl (C=O) groups excluding carboxylic acids is 1. The van der Waals surface area contributed by atoms with Crippen LogP contribution in [0.5, 0.6) is 0 Å². The van der Waals surface area contributed by atoms with Gasteiger partial charge < -0.3 is 11.1 Å². The molecule has 1 heterocycles. The number of benzene rings is 1. The van der Waals surface area contributed by atoms with Gasteiger partial charge in [-0.05, 0) is 42.4 Å². The molecule has 1 amide bonds. The summed E-state index contributed by atoms with van der Waals surface area (Å²) in [6.45, 7) is 1.13. The first-order chi connectivity index (χ1) is 9.69. The molecular formula is C12H16Cl2N6O. The maximum absolute atomic E-state index is 11.6. The van der Waals surface area contributed by atoms with Gasteiger partial charge >= 0.3 is 0 Å². The number of nitrogens with one attached hydrogen (secondary N) is 1. The number of rotatable bonds is 6. The van der Waals surface area contributed by atoms with Crippen molar-refractivity contribution in [3.05, 3.63) is 29.3 Å². The van der Waals surface area contributed by atoms with Crippen LogP contribution in [0.3, 0.4) is 0 Å². The number of carbonyl (C=O) groups is 1. The molecule has 1 aromatic carbocycles. The summed E-state index contributed by atoms with van der Waals surface area (Å²) < 4.78 is 0. The van der Waals surface area contributed by atoms with Crippen molar-refractivity contribution < 1.29 is 4.79 Å². The van der Waals surface area contributed by atoms with E-state index in [4.69, 9.17) is 17.3 Å². The molecule has 21 heavy (non-hydrogen) atoms. The lowest BCUT2D eigenvalue weighted by molar-refractivity contribution is -0.122. The lowest BCUT2D eigenvalue weighted by atomic mass is 10.2. The second-order valence-corrected chi connectivity index (χ2v) is 4.58. The lowest BCUT2D eigenvalue weighted by Crippen LogP contribution is -2.30. The highest BCUT2D eigenvalue weighted by molar-refractivity contribution is 6.30. The summed E-state index contributed by atoms with van der Waals surface area (Å²) in [6, 6.07) is 7.09. The molecule has 0 saturated carbocycles. The van der Waals surface area contributed by atoms with Crippen LogP contribution in [0.2, 0.25) is 5.02 Å². The van der Waals surface area contributed by atoms with E-state index in [1.165, 1.54) is 4.80 Å². The van der Waals surface area contributed by atoms with Crippen molar-refractivity contribution in [3.8, 4) is 11.4 Å². The number of amides is 1. The zero-order valence-corrected chi connectivity index (χ0v) is 12.8. The van der Waals surface area contributed by atoms with Crippen molar-refractivity contribution in [2.45, 2.75) is 13.0 Å². The summed E-state index contributed by atoms with van der Waals surface area (Å²) in [5.41, 5.74) is 6.14. The van der Waals surface area contributed by atoms with Crippen LogP contribution in [0.4, 0.5) is 0 Å². The largest absolute Gasteiger partial charge is 0.354 e. The molecular weight excluding hydrogens is 315 g/mol. The molecule has 9 heteroatoms. The summed E-state index contributed by atoms with van der Waals surface area (Å²) in [7, 11) is 0. The Kier molecular flexibility index (Phi) is 7.07. The van der Waals surface area contributed by atoms with E-state index in [2.05, 4.69) is 20.7 Å². The molecule has 0 aliphatic heterocycles. The Labute approximate surface area is 133 Å². The van der Waals surface area contributed by atoms with E-state index < -0.39 is 0 Å². The molecule has 0 fully saturated rings. The van der Waals surface area contributed by atoms with Crippen molar-refractivity contribution in [2.24, 2.45) is 5.73 Å². The zero-order valence-electron chi connectivity index (χ0n) is 11.2. The highest BCUT2D eigenvalue weighted by atomic mass is 35.5. The van der Waals surface area contributed by atoms with E-state index in [1.807, 2.05) is 0 Å². The van der Waals surface area contributed by atoms with Crippen molar-refractivity contribution in [1.82, 2.24) is 25.5 Å². The Morgan fingerprint density at radius 2 is 2.05 bits per heavy atom. The molecule has 0 aliphatic carbocycles. The van der Waals surface area contributed by atoms with E-state index in [-0.39, 0.29) is 24.9 Å². The van der Waals surface area contributed by atoms with Gasteiger partial charge in [-0.2, -0.15) is 4.80 Å². The minimum absolute atomic E-state index is 0. The standard InChI is InChI=1S/C12H15ClN6O.ClH/c13-10-4-2-9(3-5-10)12-16-18-19(17-12)8-11(20)15-7-1-6-14;/h2-5H,1,6-8,14H2,(H,15,20);1H. The topological polar surface area (TPSA) is 98.7 Å². The summed E-state index contributed by atoms with van der Waals surface area (Å²) in [5.74, 6) is 0.287. The van der Waals surface area contributed by atoms with Crippen LogP contribution in [0.25, 0.3) is 11.4 Å². The predicted molar refractivity (Wildman–Crippen MR) is 82.2 cm³/mol. The van der Waals surface area contributed by atoms with Crippen LogP contribution in [-0.2, 0) is 11.3 Å². The van der Waals surface area contributed by atoms with Gasteiger partial charge in [0.15, 0.2) is 0 Å². The number of hydrogen-bond acceptors (Lipinski definition) is 5. The van der Waals surface area contributed by atoms with Gasteiger partial charge in [0.25, 0.3) is 0 Å². The first-order valence-electron chi connectivity index (χ1n) is 6.19. The monoisotopic (exact) mass is 330 g/mol. The lowest BCUT2D eigenvalue weighted by Gasteiger charge is -2.02. The summed E-state index contributed by atoms with van der Waals surface area (Å²) in [6.07, 6.45) is 0.743.